The van der Waals surface area contributed by atoms with E-state index in [1.54, 1.807) is 4.90 Å². The molecule has 102 valence electrons. The van der Waals surface area contributed by atoms with Gasteiger partial charge in [-0.3, -0.25) is 4.79 Å². The quantitative estimate of drug-likeness (QED) is 0.807. The second-order valence-electron chi connectivity index (χ2n) is 4.82. The molecule has 4 nitrogen and oxygen atoms in total. The summed E-state index contributed by atoms with van der Waals surface area (Å²) in [6.07, 6.45) is 1.79. The first-order chi connectivity index (χ1) is 9.65. The molecule has 1 aliphatic rings. The van der Waals surface area contributed by atoms with Crippen LogP contribution in [0.4, 0.5) is 10.1 Å². The molecule has 5 heteroatoms. The molecule has 0 unspecified atom stereocenters. The predicted octanol–water partition coefficient (Wildman–Crippen LogP) is 2.00. The smallest absolute Gasteiger partial charge is 0.272 e. The molecule has 1 amide bonds. The van der Waals surface area contributed by atoms with E-state index in [1.165, 1.54) is 12.1 Å². The van der Waals surface area contributed by atoms with Crippen molar-refractivity contribution in [1.29, 1.82) is 0 Å². The first-order valence-electron chi connectivity index (χ1n) is 6.42. The standard InChI is InChI=1S/C15H14FN3O/c16-11-4-5-14(18-8-11)15(20)19-7-6-12-10(9-19)2-1-3-13(12)17/h1-5,8H,6-7,9,17H2. The first-order valence-corrected chi connectivity index (χ1v) is 6.42. The Morgan fingerprint density at radius 2 is 2.15 bits per heavy atom. The van der Waals surface area contributed by atoms with Gasteiger partial charge in [0.15, 0.2) is 0 Å². The lowest BCUT2D eigenvalue weighted by molar-refractivity contribution is 0.0729. The van der Waals surface area contributed by atoms with Crippen LogP contribution in [0.2, 0.25) is 0 Å². The number of nitrogen functional groups attached to an aromatic ring is 1. The Bertz CT molecular complexity index is 655. The molecule has 0 saturated carbocycles. The van der Waals surface area contributed by atoms with Gasteiger partial charge in [0.25, 0.3) is 5.91 Å². The number of nitrogens with zero attached hydrogens (tertiary/aromatic N) is 2. The van der Waals surface area contributed by atoms with Gasteiger partial charge in [-0.2, -0.15) is 0 Å². The van der Waals surface area contributed by atoms with Crippen molar-refractivity contribution >= 4 is 11.6 Å². The minimum atomic E-state index is -0.446. The lowest BCUT2D eigenvalue weighted by Gasteiger charge is -2.29. The van der Waals surface area contributed by atoms with Crippen molar-refractivity contribution in [3.8, 4) is 0 Å². The zero-order valence-electron chi connectivity index (χ0n) is 10.8. The SMILES string of the molecule is Nc1cccc2c1CCN(C(=O)c1ccc(F)cn1)C2. The molecule has 1 aliphatic heterocycles. The van der Waals surface area contributed by atoms with E-state index in [9.17, 15) is 9.18 Å². The molecule has 0 spiro atoms. The lowest BCUT2D eigenvalue weighted by atomic mass is 9.98. The molecule has 0 atom stereocenters. The average molecular weight is 271 g/mol. The highest BCUT2D eigenvalue weighted by molar-refractivity contribution is 5.92. The van der Waals surface area contributed by atoms with E-state index in [0.29, 0.717) is 13.1 Å². The Kier molecular flexibility index (Phi) is 3.10. The topological polar surface area (TPSA) is 59.2 Å². The van der Waals surface area contributed by atoms with Gasteiger partial charge in [-0.05, 0) is 35.7 Å². The number of anilines is 1. The molecular formula is C15H14FN3O. The number of fused-ring (bicyclic) bond motifs is 1. The molecule has 2 heterocycles. The van der Waals surface area contributed by atoms with E-state index < -0.39 is 5.82 Å². The van der Waals surface area contributed by atoms with Gasteiger partial charge in [0.1, 0.15) is 11.5 Å². The van der Waals surface area contributed by atoms with Crippen molar-refractivity contribution in [3.63, 3.8) is 0 Å². The van der Waals surface area contributed by atoms with Crippen LogP contribution < -0.4 is 5.73 Å². The highest BCUT2D eigenvalue weighted by Gasteiger charge is 2.23. The van der Waals surface area contributed by atoms with E-state index in [1.807, 2.05) is 18.2 Å². The van der Waals surface area contributed by atoms with Crippen LogP contribution >= 0.6 is 0 Å². The second kappa shape index (κ2) is 4.92. The minimum absolute atomic E-state index is 0.182. The zero-order chi connectivity index (χ0) is 14.1. The number of hydrogen-bond donors (Lipinski definition) is 1. The fourth-order valence-corrected chi connectivity index (χ4v) is 2.48. The van der Waals surface area contributed by atoms with E-state index in [0.717, 1.165) is 29.4 Å². The molecule has 0 bridgehead atoms. The van der Waals surface area contributed by atoms with Crippen LogP contribution in [0.5, 0.6) is 0 Å². The van der Waals surface area contributed by atoms with Crippen molar-refractivity contribution in [3.05, 3.63) is 59.2 Å². The van der Waals surface area contributed by atoms with E-state index in [2.05, 4.69) is 4.98 Å². The van der Waals surface area contributed by atoms with Gasteiger partial charge in [0.05, 0.1) is 6.20 Å². The number of pyridine rings is 1. The average Bonchev–Trinajstić information content (AvgIpc) is 2.47. The van der Waals surface area contributed by atoms with Crippen LogP contribution in [0, 0.1) is 5.82 Å². The number of rotatable bonds is 1. The molecule has 0 aliphatic carbocycles. The van der Waals surface area contributed by atoms with Crippen LogP contribution in [-0.2, 0) is 13.0 Å². The summed E-state index contributed by atoms with van der Waals surface area (Å²) in [5.41, 5.74) is 9.14. The highest BCUT2D eigenvalue weighted by atomic mass is 19.1. The summed E-state index contributed by atoms with van der Waals surface area (Å²) < 4.78 is 12.8. The molecule has 0 fully saturated rings. The third kappa shape index (κ3) is 2.22. The van der Waals surface area contributed by atoms with Gasteiger partial charge in [-0.1, -0.05) is 12.1 Å². The number of amides is 1. The molecule has 0 saturated heterocycles. The van der Waals surface area contributed by atoms with Gasteiger partial charge in [0, 0.05) is 18.8 Å². The van der Waals surface area contributed by atoms with Gasteiger partial charge < -0.3 is 10.6 Å². The van der Waals surface area contributed by atoms with Crippen LogP contribution in [0.25, 0.3) is 0 Å². The molecule has 0 radical (unpaired) electrons. The number of benzene rings is 1. The maximum Gasteiger partial charge on any atom is 0.272 e. The summed E-state index contributed by atoms with van der Waals surface area (Å²) in [6.45, 7) is 1.11. The molecule has 2 N–H and O–H groups in total. The lowest BCUT2D eigenvalue weighted by Crippen LogP contribution is -2.36. The van der Waals surface area contributed by atoms with Gasteiger partial charge in [-0.15, -0.1) is 0 Å². The number of carbonyl (C=O) groups excluding carboxylic acids is 1. The summed E-state index contributed by atoms with van der Waals surface area (Å²) in [5.74, 6) is -0.628. The first kappa shape index (κ1) is 12.6. The van der Waals surface area contributed by atoms with Crippen LogP contribution in [0.15, 0.2) is 36.5 Å². The normalized spacial score (nSPS) is 13.9. The van der Waals surface area contributed by atoms with Crippen LogP contribution in [0.3, 0.4) is 0 Å². The summed E-state index contributed by atoms with van der Waals surface area (Å²) in [6, 6.07) is 8.39. The number of halogens is 1. The number of carbonyl (C=O) groups is 1. The van der Waals surface area contributed by atoms with Crippen molar-refractivity contribution in [2.75, 3.05) is 12.3 Å². The summed E-state index contributed by atoms with van der Waals surface area (Å²) >= 11 is 0. The Morgan fingerprint density at radius 3 is 2.90 bits per heavy atom. The Balaban J connectivity index is 1.83. The van der Waals surface area contributed by atoms with E-state index >= 15 is 0 Å². The number of hydrogen-bond acceptors (Lipinski definition) is 3. The van der Waals surface area contributed by atoms with Crippen LogP contribution in [0.1, 0.15) is 21.6 Å². The van der Waals surface area contributed by atoms with E-state index in [-0.39, 0.29) is 11.6 Å². The molecule has 3 rings (SSSR count). The molecule has 2 aromatic rings. The molecular weight excluding hydrogens is 257 g/mol. The Morgan fingerprint density at radius 1 is 1.30 bits per heavy atom. The van der Waals surface area contributed by atoms with E-state index in [4.69, 9.17) is 5.73 Å². The third-order valence-corrected chi connectivity index (χ3v) is 3.54. The maximum absolute atomic E-state index is 12.8. The Hall–Kier alpha value is -2.43. The van der Waals surface area contributed by atoms with Gasteiger partial charge in [0.2, 0.25) is 0 Å². The zero-order valence-corrected chi connectivity index (χ0v) is 10.8. The number of nitrogens with two attached hydrogens (primary N) is 1. The van der Waals surface area contributed by atoms with Gasteiger partial charge >= 0.3 is 0 Å². The fourth-order valence-electron chi connectivity index (χ4n) is 2.48. The Labute approximate surface area is 116 Å². The fraction of sp³-hybridized carbons (Fsp3) is 0.200. The van der Waals surface area contributed by atoms with Crippen LogP contribution in [-0.4, -0.2) is 22.3 Å². The third-order valence-electron chi connectivity index (χ3n) is 3.54. The van der Waals surface area contributed by atoms with Crippen molar-refractivity contribution in [2.45, 2.75) is 13.0 Å². The van der Waals surface area contributed by atoms with Crippen molar-refractivity contribution < 1.29 is 9.18 Å². The predicted molar refractivity (Wildman–Crippen MR) is 73.5 cm³/mol. The molecule has 1 aromatic heterocycles. The molecule has 1 aromatic carbocycles. The maximum atomic E-state index is 12.8. The summed E-state index contributed by atoms with van der Waals surface area (Å²) in [4.78, 5) is 17.9. The van der Waals surface area contributed by atoms with Gasteiger partial charge in [-0.25, -0.2) is 9.37 Å². The minimum Gasteiger partial charge on any atom is -0.398 e. The van der Waals surface area contributed by atoms with Crippen molar-refractivity contribution in [1.82, 2.24) is 9.88 Å². The molecule has 20 heavy (non-hydrogen) atoms. The highest BCUT2D eigenvalue weighted by Crippen LogP contribution is 2.24. The number of aromatic nitrogens is 1. The summed E-state index contributed by atoms with van der Waals surface area (Å²) in [5, 5.41) is 0. The largest absolute Gasteiger partial charge is 0.398 e. The van der Waals surface area contributed by atoms with Crippen molar-refractivity contribution in [2.24, 2.45) is 0 Å². The monoisotopic (exact) mass is 271 g/mol. The summed E-state index contributed by atoms with van der Waals surface area (Å²) in [7, 11) is 0. The second-order valence-corrected chi connectivity index (χ2v) is 4.82.